The first kappa shape index (κ1) is 20.6. The maximum Gasteiger partial charge on any atom is 0.0437 e. The molecule has 0 bridgehead atoms. The number of hydrogen-bond donors (Lipinski definition) is 0. The van der Waals surface area contributed by atoms with Crippen molar-refractivity contribution in [3.63, 3.8) is 0 Å². The average Bonchev–Trinajstić information content (AvgIpc) is 3.49. The third-order valence-corrected chi connectivity index (χ3v) is 4.70. The maximum atomic E-state index is 3.96. The van der Waals surface area contributed by atoms with E-state index in [4.69, 9.17) is 0 Å². The van der Waals surface area contributed by atoms with Crippen molar-refractivity contribution in [1.82, 2.24) is 4.90 Å². The van der Waals surface area contributed by atoms with Crippen molar-refractivity contribution in [2.75, 3.05) is 6.54 Å². The number of allylic oxidation sites excluding steroid dienone is 11. The monoisotopic (exact) mass is 357 g/mol. The molecular weight excluding hydrogens is 326 g/mol. The van der Waals surface area contributed by atoms with Crippen molar-refractivity contribution in [3.05, 3.63) is 114 Å². The van der Waals surface area contributed by atoms with Gasteiger partial charge in [0.15, 0.2) is 0 Å². The zero-order valence-electron chi connectivity index (χ0n) is 16.7. The summed E-state index contributed by atoms with van der Waals surface area (Å²) >= 11 is 0. The molecule has 140 valence electrons. The number of nitrogens with zero attached hydrogens (tertiary/aromatic N) is 1. The summed E-state index contributed by atoms with van der Waals surface area (Å²) in [5, 5.41) is 0. The van der Waals surface area contributed by atoms with Crippen LogP contribution in [0, 0.1) is 5.92 Å². The Kier molecular flexibility index (Phi) is 7.92. The average molecular weight is 358 g/mol. The molecule has 0 spiro atoms. The molecule has 1 saturated carbocycles. The van der Waals surface area contributed by atoms with Crippen molar-refractivity contribution < 1.29 is 0 Å². The molecule has 1 aliphatic heterocycles. The number of rotatable bonds is 7. The zero-order valence-corrected chi connectivity index (χ0v) is 16.7. The van der Waals surface area contributed by atoms with Gasteiger partial charge in [-0.25, -0.2) is 0 Å². The van der Waals surface area contributed by atoms with Crippen LogP contribution in [0.15, 0.2) is 114 Å². The van der Waals surface area contributed by atoms with Crippen LogP contribution in [0.25, 0.3) is 0 Å². The van der Waals surface area contributed by atoms with Gasteiger partial charge in [-0.2, -0.15) is 0 Å². The van der Waals surface area contributed by atoms with Crippen LogP contribution >= 0.6 is 0 Å². The summed E-state index contributed by atoms with van der Waals surface area (Å²) in [6.07, 6.45) is 24.3. The second-order valence-corrected chi connectivity index (χ2v) is 6.42. The van der Waals surface area contributed by atoms with E-state index in [1.165, 1.54) is 18.4 Å². The quantitative estimate of drug-likeness (QED) is 0.352. The van der Waals surface area contributed by atoms with E-state index in [1.807, 2.05) is 38.2 Å². The normalized spacial score (nSPS) is 19.3. The molecule has 0 amide bonds. The van der Waals surface area contributed by atoms with Gasteiger partial charge in [-0.15, -0.1) is 5.73 Å². The van der Waals surface area contributed by atoms with Crippen LogP contribution in [0.3, 0.4) is 0 Å². The second-order valence-electron chi connectivity index (χ2n) is 6.42. The van der Waals surface area contributed by atoms with Gasteiger partial charge in [-0.1, -0.05) is 64.0 Å². The van der Waals surface area contributed by atoms with E-state index in [0.29, 0.717) is 0 Å². The molecule has 0 aromatic carbocycles. The lowest BCUT2D eigenvalue weighted by atomic mass is 10.1. The molecule has 0 radical (unpaired) electrons. The Balaban J connectivity index is 0.00000126. The predicted molar refractivity (Wildman–Crippen MR) is 119 cm³/mol. The predicted octanol–water partition coefficient (Wildman–Crippen LogP) is 6.96. The highest BCUT2D eigenvalue weighted by molar-refractivity contribution is 5.51. The van der Waals surface area contributed by atoms with E-state index in [9.17, 15) is 0 Å². The minimum atomic E-state index is 0.781. The lowest BCUT2D eigenvalue weighted by Crippen LogP contribution is -2.16. The van der Waals surface area contributed by atoms with Crippen molar-refractivity contribution in [2.45, 2.75) is 33.1 Å². The minimum Gasteiger partial charge on any atom is -0.341 e. The molecule has 1 heterocycles. The first-order chi connectivity index (χ1) is 13.3. The van der Waals surface area contributed by atoms with Crippen molar-refractivity contribution in [1.29, 1.82) is 0 Å². The van der Waals surface area contributed by atoms with Gasteiger partial charge < -0.3 is 4.90 Å². The first-order valence-electron chi connectivity index (χ1n) is 9.88. The molecule has 1 nitrogen and oxygen atoms in total. The molecule has 1 heteroatoms. The Hall–Kier alpha value is -2.76. The van der Waals surface area contributed by atoms with Crippen molar-refractivity contribution >= 4 is 0 Å². The van der Waals surface area contributed by atoms with Crippen LogP contribution in [0.2, 0.25) is 0 Å². The van der Waals surface area contributed by atoms with Crippen LogP contribution in [0.5, 0.6) is 0 Å². The third kappa shape index (κ3) is 5.36. The van der Waals surface area contributed by atoms with Gasteiger partial charge >= 0.3 is 0 Å². The van der Waals surface area contributed by atoms with E-state index in [1.54, 1.807) is 0 Å². The highest BCUT2D eigenvalue weighted by Crippen LogP contribution is 2.31. The molecule has 0 aromatic rings. The van der Waals surface area contributed by atoms with E-state index >= 15 is 0 Å². The maximum absolute atomic E-state index is 3.96. The summed E-state index contributed by atoms with van der Waals surface area (Å²) < 4.78 is 0. The topological polar surface area (TPSA) is 3.24 Å². The Labute approximate surface area is 165 Å². The molecule has 2 aliphatic carbocycles. The lowest BCUT2D eigenvalue weighted by molar-refractivity contribution is 0.494. The van der Waals surface area contributed by atoms with Crippen LogP contribution in [-0.4, -0.2) is 11.4 Å². The van der Waals surface area contributed by atoms with E-state index < -0.39 is 0 Å². The Morgan fingerprint density at radius 1 is 1.15 bits per heavy atom. The minimum absolute atomic E-state index is 0.781. The van der Waals surface area contributed by atoms with Gasteiger partial charge in [0.1, 0.15) is 0 Å². The standard InChI is InChI=1S/C24H25N.C2H6/c1-4-20(10-7-9-19-13-14-19)22-11-8-12-23(16-15-22)25-18-17-21(5-2)24(25)6-3;1-2/h4-10,12,15-16,19H,1-3,13-14,17-18H2;1-2H3/b9-7-,20-10+;. The molecule has 0 unspecified atom stereocenters. The molecule has 0 atom stereocenters. The summed E-state index contributed by atoms with van der Waals surface area (Å²) in [5.74, 6) is 0.781. The third-order valence-electron chi connectivity index (χ3n) is 4.70. The summed E-state index contributed by atoms with van der Waals surface area (Å²) in [6.45, 7) is 16.8. The highest BCUT2D eigenvalue weighted by atomic mass is 15.2. The lowest BCUT2D eigenvalue weighted by Gasteiger charge is -2.21. The molecule has 1 fully saturated rings. The molecule has 27 heavy (non-hydrogen) atoms. The Morgan fingerprint density at radius 3 is 2.56 bits per heavy atom. The van der Waals surface area contributed by atoms with Gasteiger partial charge in [0.25, 0.3) is 0 Å². The van der Waals surface area contributed by atoms with Gasteiger partial charge in [0.05, 0.1) is 0 Å². The van der Waals surface area contributed by atoms with E-state index in [2.05, 4.69) is 66.8 Å². The summed E-state index contributed by atoms with van der Waals surface area (Å²) in [7, 11) is 0. The fourth-order valence-corrected chi connectivity index (χ4v) is 3.09. The molecule has 0 saturated heterocycles. The van der Waals surface area contributed by atoms with Crippen molar-refractivity contribution in [3.8, 4) is 0 Å². The molecule has 0 N–H and O–H groups in total. The van der Waals surface area contributed by atoms with Crippen molar-refractivity contribution in [2.24, 2.45) is 5.92 Å². The molecular formula is C26H31N. The largest absolute Gasteiger partial charge is 0.341 e. The van der Waals surface area contributed by atoms with Crippen LogP contribution in [-0.2, 0) is 0 Å². The van der Waals surface area contributed by atoms with Crippen LogP contribution in [0.4, 0.5) is 0 Å². The van der Waals surface area contributed by atoms with E-state index in [-0.39, 0.29) is 0 Å². The fraction of sp³-hybridized carbons (Fsp3) is 0.269. The highest BCUT2D eigenvalue weighted by Gasteiger charge is 2.20. The van der Waals surface area contributed by atoms with Gasteiger partial charge in [-0.3, -0.25) is 0 Å². The van der Waals surface area contributed by atoms with Crippen LogP contribution < -0.4 is 0 Å². The molecule has 3 aliphatic rings. The zero-order chi connectivity index (χ0) is 19.6. The molecule has 3 rings (SSSR count). The Morgan fingerprint density at radius 2 is 1.93 bits per heavy atom. The van der Waals surface area contributed by atoms with Crippen LogP contribution in [0.1, 0.15) is 33.1 Å². The first-order valence-corrected chi connectivity index (χ1v) is 9.88. The second kappa shape index (κ2) is 10.4. The van der Waals surface area contributed by atoms with Gasteiger partial charge in [0, 0.05) is 23.5 Å². The van der Waals surface area contributed by atoms with Gasteiger partial charge in [-0.05, 0) is 66.7 Å². The summed E-state index contributed by atoms with van der Waals surface area (Å²) in [5.41, 5.74) is 9.05. The smallest absolute Gasteiger partial charge is 0.0437 e. The SMILES string of the molecule is C=CC1=C(C=C)N(C2=CC=C=C(/C(C=C)=C/C=C\C3CC3)C=C2)CC1.CC. The fourth-order valence-electron chi connectivity index (χ4n) is 3.09. The summed E-state index contributed by atoms with van der Waals surface area (Å²) in [6, 6.07) is 0. The number of hydrogen-bond acceptors (Lipinski definition) is 1. The van der Waals surface area contributed by atoms with E-state index in [0.717, 1.165) is 41.4 Å². The summed E-state index contributed by atoms with van der Waals surface area (Å²) in [4.78, 5) is 2.28. The van der Waals surface area contributed by atoms with Gasteiger partial charge in [0.2, 0.25) is 0 Å². The molecule has 0 aromatic heterocycles. The Bertz CT molecular complexity index is 797.